The van der Waals surface area contributed by atoms with Crippen molar-refractivity contribution in [2.75, 3.05) is 13.2 Å². The van der Waals surface area contributed by atoms with E-state index in [0.717, 1.165) is 36.2 Å². The Morgan fingerprint density at radius 3 is 3.24 bits per heavy atom. The van der Waals surface area contributed by atoms with E-state index >= 15 is 0 Å². The number of rotatable bonds is 3. The summed E-state index contributed by atoms with van der Waals surface area (Å²) in [5.41, 5.74) is 1.20. The van der Waals surface area contributed by atoms with Crippen molar-refractivity contribution in [3.63, 3.8) is 0 Å². The molecule has 17 heavy (non-hydrogen) atoms. The molecule has 0 saturated heterocycles. The fraction of sp³-hybridized carbons (Fsp3) is 0.462. The first-order chi connectivity index (χ1) is 8.31. The highest BCUT2D eigenvalue weighted by Crippen LogP contribution is 2.33. The van der Waals surface area contributed by atoms with Crippen molar-refractivity contribution in [2.45, 2.75) is 25.3 Å². The molecule has 1 aromatic carbocycles. The molecular weight excluding hydrogens is 280 g/mol. The second kappa shape index (κ2) is 6.04. The van der Waals surface area contributed by atoms with Gasteiger partial charge in [-0.25, -0.2) is 0 Å². The molecule has 1 aliphatic heterocycles. The number of nitrogens with one attached hydrogen (secondary N) is 1. The molecule has 1 heterocycles. The Balaban J connectivity index is 2.15. The van der Waals surface area contributed by atoms with Crippen LogP contribution in [-0.2, 0) is 0 Å². The van der Waals surface area contributed by atoms with Gasteiger partial charge >= 0.3 is 0 Å². The van der Waals surface area contributed by atoms with E-state index < -0.39 is 0 Å². The summed E-state index contributed by atoms with van der Waals surface area (Å²) in [4.78, 5) is 0. The van der Waals surface area contributed by atoms with Crippen LogP contribution in [0.4, 0.5) is 0 Å². The summed E-state index contributed by atoms with van der Waals surface area (Å²) < 4.78 is 6.77. The molecule has 4 heteroatoms. The predicted molar refractivity (Wildman–Crippen MR) is 69.8 cm³/mol. The molecule has 1 N–H and O–H groups in total. The van der Waals surface area contributed by atoms with Crippen molar-refractivity contribution in [3.05, 3.63) is 28.2 Å². The molecule has 1 unspecified atom stereocenters. The van der Waals surface area contributed by atoms with Gasteiger partial charge in [0.1, 0.15) is 5.75 Å². The number of nitriles is 1. The van der Waals surface area contributed by atoms with Crippen LogP contribution in [0.3, 0.4) is 0 Å². The summed E-state index contributed by atoms with van der Waals surface area (Å²) in [6, 6.07) is 8.59. The van der Waals surface area contributed by atoms with Crippen LogP contribution in [0, 0.1) is 11.3 Å². The van der Waals surface area contributed by atoms with Gasteiger partial charge < -0.3 is 10.1 Å². The minimum atomic E-state index is 0.300. The van der Waals surface area contributed by atoms with Crippen LogP contribution in [0.1, 0.15) is 30.9 Å². The van der Waals surface area contributed by atoms with Crippen molar-refractivity contribution in [1.82, 2.24) is 5.32 Å². The largest absolute Gasteiger partial charge is 0.493 e. The van der Waals surface area contributed by atoms with Gasteiger partial charge in [0.25, 0.3) is 0 Å². The van der Waals surface area contributed by atoms with E-state index in [1.54, 1.807) is 0 Å². The average Bonchev–Trinajstić information content (AvgIpc) is 2.52. The number of hydrogen-bond donors (Lipinski definition) is 1. The molecule has 1 aromatic rings. The highest BCUT2D eigenvalue weighted by atomic mass is 79.9. The summed E-state index contributed by atoms with van der Waals surface area (Å²) in [5, 5.41) is 12.0. The predicted octanol–water partition coefficient (Wildman–Crippen LogP) is 3.17. The highest BCUT2D eigenvalue weighted by Gasteiger charge is 2.19. The Hall–Kier alpha value is -1.05. The minimum Gasteiger partial charge on any atom is -0.493 e. The van der Waals surface area contributed by atoms with Gasteiger partial charge in [-0.3, -0.25) is 0 Å². The van der Waals surface area contributed by atoms with E-state index in [-0.39, 0.29) is 0 Å². The molecule has 0 saturated carbocycles. The maximum atomic E-state index is 8.56. The van der Waals surface area contributed by atoms with E-state index in [2.05, 4.69) is 33.4 Å². The van der Waals surface area contributed by atoms with Crippen LogP contribution in [0.5, 0.6) is 5.75 Å². The van der Waals surface area contributed by atoms with Gasteiger partial charge in [-0.1, -0.05) is 22.0 Å². The fourth-order valence-corrected chi connectivity index (χ4v) is 2.40. The minimum absolute atomic E-state index is 0.300. The van der Waals surface area contributed by atoms with Gasteiger partial charge in [-0.15, -0.1) is 0 Å². The van der Waals surface area contributed by atoms with E-state index in [4.69, 9.17) is 10.00 Å². The van der Waals surface area contributed by atoms with Crippen LogP contribution in [0.2, 0.25) is 0 Å². The van der Waals surface area contributed by atoms with Crippen LogP contribution in [0.25, 0.3) is 0 Å². The Labute approximate surface area is 110 Å². The Morgan fingerprint density at radius 2 is 2.41 bits per heavy atom. The molecule has 0 amide bonds. The standard InChI is InChI=1S/C13H15BrN2O/c14-10-4-5-11-12(16-7-2-6-15)3-1-8-17-13(11)9-10/h4-5,9,12,16H,1-3,7-8H2. The number of ether oxygens (including phenoxy) is 1. The molecule has 0 radical (unpaired) electrons. The van der Waals surface area contributed by atoms with Crippen molar-refractivity contribution in [2.24, 2.45) is 0 Å². The molecule has 2 rings (SSSR count). The van der Waals surface area contributed by atoms with Crippen LogP contribution in [-0.4, -0.2) is 13.2 Å². The number of halogens is 1. The maximum Gasteiger partial charge on any atom is 0.125 e. The van der Waals surface area contributed by atoms with E-state index in [1.165, 1.54) is 5.56 Å². The summed E-state index contributed by atoms with van der Waals surface area (Å²) in [6.45, 7) is 1.50. The smallest absolute Gasteiger partial charge is 0.125 e. The Bertz CT molecular complexity index is 428. The van der Waals surface area contributed by atoms with Crippen molar-refractivity contribution in [3.8, 4) is 11.8 Å². The lowest BCUT2D eigenvalue weighted by Crippen LogP contribution is -2.21. The molecule has 90 valence electrons. The summed E-state index contributed by atoms with van der Waals surface area (Å²) in [7, 11) is 0. The number of fused-ring (bicyclic) bond motifs is 1. The molecular formula is C13H15BrN2O. The van der Waals surface area contributed by atoms with Gasteiger partial charge in [-0.2, -0.15) is 5.26 Å². The molecule has 3 nitrogen and oxygen atoms in total. The van der Waals surface area contributed by atoms with Crippen LogP contribution in [0.15, 0.2) is 22.7 Å². The number of nitrogens with zero attached hydrogens (tertiary/aromatic N) is 1. The third kappa shape index (κ3) is 3.21. The molecule has 0 aliphatic carbocycles. The van der Waals surface area contributed by atoms with E-state index in [0.29, 0.717) is 12.5 Å². The maximum absolute atomic E-state index is 8.56. The first-order valence-corrected chi connectivity index (χ1v) is 6.63. The SMILES string of the molecule is N#CCCNC1CCCOc2cc(Br)ccc21. The van der Waals surface area contributed by atoms with E-state index in [9.17, 15) is 0 Å². The third-order valence-electron chi connectivity index (χ3n) is 2.87. The zero-order valence-corrected chi connectivity index (χ0v) is 11.2. The number of benzene rings is 1. The topological polar surface area (TPSA) is 45.0 Å². The van der Waals surface area contributed by atoms with Crippen molar-refractivity contribution >= 4 is 15.9 Å². The lowest BCUT2D eigenvalue weighted by atomic mass is 10.0. The third-order valence-corrected chi connectivity index (χ3v) is 3.37. The Morgan fingerprint density at radius 1 is 1.53 bits per heavy atom. The lowest BCUT2D eigenvalue weighted by molar-refractivity contribution is 0.315. The first-order valence-electron chi connectivity index (χ1n) is 5.84. The second-order valence-corrected chi connectivity index (χ2v) is 5.00. The summed E-state index contributed by atoms with van der Waals surface area (Å²) >= 11 is 3.46. The molecule has 0 spiro atoms. The van der Waals surface area contributed by atoms with Gasteiger partial charge in [0.15, 0.2) is 0 Å². The fourth-order valence-electron chi connectivity index (χ4n) is 2.06. The molecule has 0 bridgehead atoms. The first kappa shape index (κ1) is 12.4. The molecule has 0 fully saturated rings. The average molecular weight is 295 g/mol. The van der Waals surface area contributed by atoms with E-state index in [1.807, 2.05) is 12.1 Å². The second-order valence-electron chi connectivity index (χ2n) is 4.09. The zero-order valence-electron chi connectivity index (χ0n) is 9.58. The van der Waals surface area contributed by atoms with Gasteiger partial charge in [-0.05, 0) is 25.0 Å². The normalized spacial score (nSPS) is 18.7. The monoisotopic (exact) mass is 294 g/mol. The van der Waals surface area contributed by atoms with Gasteiger partial charge in [0.2, 0.25) is 0 Å². The van der Waals surface area contributed by atoms with Crippen molar-refractivity contribution in [1.29, 1.82) is 5.26 Å². The van der Waals surface area contributed by atoms with Crippen LogP contribution < -0.4 is 10.1 Å². The van der Waals surface area contributed by atoms with Crippen molar-refractivity contribution < 1.29 is 4.74 Å². The lowest BCUT2D eigenvalue weighted by Gasteiger charge is -2.17. The summed E-state index contributed by atoms with van der Waals surface area (Å²) in [6.07, 6.45) is 2.64. The molecule has 0 aromatic heterocycles. The zero-order chi connectivity index (χ0) is 12.1. The van der Waals surface area contributed by atoms with Crippen LogP contribution >= 0.6 is 15.9 Å². The number of hydrogen-bond acceptors (Lipinski definition) is 3. The molecule has 1 aliphatic rings. The van der Waals surface area contributed by atoms with Gasteiger partial charge in [0.05, 0.1) is 12.7 Å². The Kier molecular flexibility index (Phi) is 4.41. The quantitative estimate of drug-likeness (QED) is 0.871. The highest BCUT2D eigenvalue weighted by molar-refractivity contribution is 9.10. The molecule has 1 atom stereocenters. The summed E-state index contributed by atoms with van der Waals surface area (Å²) in [5.74, 6) is 0.950. The van der Waals surface area contributed by atoms with Gasteiger partial charge in [0, 0.05) is 29.0 Å².